The molecule has 0 saturated heterocycles. The Morgan fingerprint density at radius 3 is 2.69 bits per heavy atom. The Morgan fingerprint density at radius 1 is 1.08 bits per heavy atom. The molecule has 2 aromatic heterocycles. The summed E-state index contributed by atoms with van der Waals surface area (Å²) >= 11 is 1.72. The summed E-state index contributed by atoms with van der Waals surface area (Å²) in [6.07, 6.45) is 7.21. The second-order valence-corrected chi connectivity index (χ2v) is 11.0. The van der Waals surface area contributed by atoms with Gasteiger partial charge >= 0.3 is 0 Å². The van der Waals surface area contributed by atoms with Crippen molar-refractivity contribution >= 4 is 28.7 Å². The van der Waals surface area contributed by atoms with Crippen LogP contribution in [-0.2, 0) is 12.3 Å². The SMILES string of the molecule is Cc1ccccc1Cn1c(SCc2ccc(C(=O)N[C@@H]3CCC[C@@H](C)[C@@H]3C)cc2)nc2ccncc21. The Labute approximate surface area is 217 Å². The van der Waals surface area contributed by atoms with Crippen molar-refractivity contribution in [3.8, 4) is 0 Å². The van der Waals surface area contributed by atoms with Crippen molar-refractivity contribution in [3.05, 3.63) is 89.2 Å². The number of hydrogen-bond acceptors (Lipinski definition) is 4. The van der Waals surface area contributed by atoms with E-state index in [1.165, 1.54) is 29.5 Å². The molecule has 6 heteroatoms. The van der Waals surface area contributed by atoms with Crippen LogP contribution in [0.2, 0.25) is 0 Å². The first-order valence-electron chi connectivity index (χ1n) is 12.9. The number of carbonyl (C=O) groups is 1. The van der Waals surface area contributed by atoms with Crippen molar-refractivity contribution in [2.45, 2.75) is 63.5 Å². The molecule has 2 heterocycles. The van der Waals surface area contributed by atoms with E-state index in [1.807, 2.05) is 24.4 Å². The fourth-order valence-corrected chi connectivity index (χ4v) is 6.08. The van der Waals surface area contributed by atoms with Crippen LogP contribution in [-0.4, -0.2) is 26.5 Å². The van der Waals surface area contributed by atoms with Crippen LogP contribution in [0.3, 0.4) is 0 Å². The second-order valence-electron chi connectivity index (χ2n) is 10.1. The number of carbonyl (C=O) groups excluding carboxylic acids is 1. The average molecular weight is 499 g/mol. The van der Waals surface area contributed by atoms with Crippen molar-refractivity contribution in [1.29, 1.82) is 0 Å². The molecule has 1 saturated carbocycles. The number of aromatic nitrogens is 3. The number of imidazole rings is 1. The van der Waals surface area contributed by atoms with E-state index in [4.69, 9.17) is 4.98 Å². The molecule has 0 aliphatic heterocycles. The number of pyridine rings is 1. The summed E-state index contributed by atoms with van der Waals surface area (Å²) in [6.45, 7) is 7.46. The van der Waals surface area contributed by atoms with E-state index in [2.05, 4.69) is 72.0 Å². The van der Waals surface area contributed by atoms with Crippen LogP contribution in [0.5, 0.6) is 0 Å². The van der Waals surface area contributed by atoms with Crippen LogP contribution in [0.15, 0.2) is 72.1 Å². The molecule has 5 nitrogen and oxygen atoms in total. The summed E-state index contributed by atoms with van der Waals surface area (Å²) in [7, 11) is 0. The van der Waals surface area contributed by atoms with E-state index < -0.39 is 0 Å². The van der Waals surface area contributed by atoms with E-state index in [9.17, 15) is 4.79 Å². The molecule has 0 unspecified atom stereocenters. The lowest BCUT2D eigenvalue weighted by Gasteiger charge is -2.34. The van der Waals surface area contributed by atoms with Gasteiger partial charge in [-0.25, -0.2) is 4.98 Å². The molecule has 4 aromatic rings. The number of fused-ring (bicyclic) bond motifs is 1. The molecule has 3 atom stereocenters. The van der Waals surface area contributed by atoms with Crippen molar-refractivity contribution in [2.75, 3.05) is 0 Å². The number of thioether (sulfide) groups is 1. The first-order chi connectivity index (χ1) is 17.5. The lowest BCUT2D eigenvalue weighted by molar-refractivity contribution is 0.0891. The van der Waals surface area contributed by atoms with E-state index in [0.717, 1.165) is 40.5 Å². The number of benzene rings is 2. The first kappa shape index (κ1) is 24.6. The van der Waals surface area contributed by atoms with Gasteiger partial charge in [-0.2, -0.15) is 0 Å². The zero-order chi connectivity index (χ0) is 25.1. The van der Waals surface area contributed by atoms with Gasteiger partial charge < -0.3 is 9.88 Å². The summed E-state index contributed by atoms with van der Waals surface area (Å²) < 4.78 is 2.25. The fourth-order valence-electron chi connectivity index (χ4n) is 5.11. The summed E-state index contributed by atoms with van der Waals surface area (Å²) in [6, 6.07) is 18.7. The lowest BCUT2D eigenvalue weighted by Crippen LogP contribution is -2.43. The number of aryl methyl sites for hydroxylation is 1. The third-order valence-electron chi connectivity index (χ3n) is 7.71. The van der Waals surface area contributed by atoms with Gasteiger partial charge in [-0.05, 0) is 60.1 Å². The third kappa shape index (κ3) is 5.34. The Kier molecular flexibility index (Phi) is 7.42. The summed E-state index contributed by atoms with van der Waals surface area (Å²) in [5.41, 5.74) is 6.45. The third-order valence-corrected chi connectivity index (χ3v) is 8.76. The molecular weight excluding hydrogens is 464 g/mol. The summed E-state index contributed by atoms with van der Waals surface area (Å²) in [4.78, 5) is 22.1. The molecule has 1 fully saturated rings. The highest BCUT2D eigenvalue weighted by atomic mass is 32.2. The standard InChI is InChI=1S/C30H34N4OS/c1-20-8-6-10-26(22(20)3)32-29(35)24-13-11-23(12-14-24)19-36-30-33-27-15-16-31-17-28(27)34(30)18-25-9-5-4-7-21(25)2/h4-5,7,9,11-17,20,22,26H,6,8,10,18-19H2,1-3H3,(H,32,35)/t20-,22+,26-/m1/s1. The van der Waals surface area contributed by atoms with Crippen molar-refractivity contribution in [1.82, 2.24) is 19.9 Å². The predicted octanol–water partition coefficient (Wildman–Crippen LogP) is 6.63. The van der Waals surface area contributed by atoms with Gasteiger partial charge in [-0.3, -0.25) is 9.78 Å². The van der Waals surface area contributed by atoms with Gasteiger partial charge in [-0.1, -0.05) is 74.8 Å². The van der Waals surface area contributed by atoms with Gasteiger partial charge in [0.05, 0.1) is 23.8 Å². The molecule has 0 spiro atoms. The largest absolute Gasteiger partial charge is 0.349 e. The monoisotopic (exact) mass is 498 g/mol. The van der Waals surface area contributed by atoms with Crippen LogP contribution in [0.4, 0.5) is 0 Å². The van der Waals surface area contributed by atoms with Gasteiger partial charge in [0.15, 0.2) is 5.16 Å². The highest BCUT2D eigenvalue weighted by molar-refractivity contribution is 7.98. The Balaban J connectivity index is 1.28. The van der Waals surface area contributed by atoms with Gasteiger partial charge in [0.2, 0.25) is 0 Å². The first-order valence-corrected chi connectivity index (χ1v) is 13.9. The Hall–Kier alpha value is -3.12. The molecule has 5 rings (SSSR count). The van der Waals surface area contributed by atoms with Crippen molar-refractivity contribution in [2.24, 2.45) is 11.8 Å². The van der Waals surface area contributed by atoms with E-state index in [1.54, 1.807) is 18.0 Å². The maximum absolute atomic E-state index is 12.9. The molecular formula is C30H34N4OS. The zero-order valence-corrected chi connectivity index (χ0v) is 22.1. The molecule has 0 bridgehead atoms. The van der Waals surface area contributed by atoms with E-state index in [0.29, 0.717) is 11.8 Å². The number of nitrogens with zero attached hydrogens (tertiary/aromatic N) is 3. The molecule has 1 amide bonds. The molecule has 2 aromatic carbocycles. The minimum absolute atomic E-state index is 0.0349. The van der Waals surface area contributed by atoms with Crippen LogP contribution in [0.1, 0.15) is 60.2 Å². The Morgan fingerprint density at radius 2 is 1.89 bits per heavy atom. The Bertz CT molecular complexity index is 1350. The molecule has 1 aliphatic carbocycles. The van der Waals surface area contributed by atoms with Crippen molar-refractivity contribution < 1.29 is 4.79 Å². The molecule has 186 valence electrons. The van der Waals surface area contributed by atoms with Crippen LogP contribution < -0.4 is 5.32 Å². The normalized spacial score (nSPS) is 19.9. The minimum atomic E-state index is 0.0349. The van der Waals surface area contributed by atoms with E-state index >= 15 is 0 Å². The van der Waals surface area contributed by atoms with Crippen molar-refractivity contribution in [3.63, 3.8) is 0 Å². The number of hydrogen-bond donors (Lipinski definition) is 1. The predicted molar refractivity (Wildman–Crippen MR) is 147 cm³/mol. The number of nitrogens with one attached hydrogen (secondary N) is 1. The lowest BCUT2D eigenvalue weighted by atomic mass is 9.78. The zero-order valence-electron chi connectivity index (χ0n) is 21.3. The quantitative estimate of drug-likeness (QED) is 0.290. The molecule has 36 heavy (non-hydrogen) atoms. The van der Waals surface area contributed by atoms with Crippen LogP contribution in [0, 0.1) is 18.8 Å². The van der Waals surface area contributed by atoms with Gasteiger partial charge in [0.25, 0.3) is 5.91 Å². The van der Waals surface area contributed by atoms with Crippen LogP contribution >= 0.6 is 11.8 Å². The highest BCUT2D eigenvalue weighted by Crippen LogP contribution is 2.30. The molecule has 1 N–H and O–H groups in total. The smallest absolute Gasteiger partial charge is 0.251 e. The average Bonchev–Trinajstić information content (AvgIpc) is 3.24. The number of rotatable bonds is 7. The highest BCUT2D eigenvalue weighted by Gasteiger charge is 2.28. The maximum Gasteiger partial charge on any atom is 0.251 e. The summed E-state index contributed by atoms with van der Waals surface area (Å²) in [5, 5.41) is 4.25. The topological polar surface area (TPSA) is 59.8 Å². The fraction of sp³-hybridized carbons (Fsp3) is 0.367. The van der Waals surface area contributed by atoms with E-state index in [-0.39, 0.29) is 11.9 Å². The van der Waals surface area contributed by atoms with Gasteiger partial charge in [-0.15, -0.1) is 0 Å². The van der Waals surface area contributed by atoms with Crippen LogP contribution in [0.25, 0.3) is 11.0 Å². The van der Waals surface area contributed by atoms with Gasteiger partial charge in [0.1, 0.15) is 0 Å². The maximum atomic E-state index is 12.9. The molecule has 1 aliphatic rings. The van der Waals surface area contributed by atoms with Gasteiger partial charge in [0, 0.05) is 23.6 Å². The number of amides is 1. The second kappa shape index (κ2) is 10.9. The minimum Gasteiger partial charge on any atom is -0.349 e. The molecule has 0 radical (unpaired) electrons. The summed E-state index contributed by atoms with van der Waals surface area (Å²) in [5.74, 6) is 2.00.